The topological polar surface area (TPSA) is 91.7 Å². The van der Waals surface area contributed by atoms with Gasteiger partial charge in [-0.1, -0.05) is 12.1 Å². The molecule has 0 aliphatic carbocycles. The molecular weight excluding hydrogens is 477 g/mol. The average Bonchev–Trinajstić information content (AvgIpc) is 3.20. The SMILES string of the molecule is CCOP(=O)(Cc1ccc(NC(=O)c2ccc3nc(C)n(-c4ccc(OC)cc4)c3c2)cc1)OCC. The number of aromatic nitrogens is 2. The van der Waals surface area contributed by atoms with Crippen LogP contribution in [-0.4, -0.2) is 35.8 Å². The summed E-state index contributed by atoms with van der Waals surface area (Å²) in [6.45, 7) is 6.13. The number of methoxy groups -OCH3 is 1. The van der Waals surface area contributed by atoms with E-state index in [0.717, 1.165) is 33.9 Å². The number of ether oxygens (including phenoxy) is 1. The van der Waals surface area contributed by atoms with Crippen molar-refractivity contribution in [3.05, 3.63) is 83.7 Å². The third-order valence-corrected chi connectivity index (χ3v) is 7.71. The van der Waals surface area contributed by atoms with Crippen LogP contribution >= 0.6 is 7.60 Å². The van der Waals surface area contributed by atoms with Crippen LogP contribution in [0, 0.1) is 6.92 Å². The van der Waals surface area contributed by atoms with Gasteiger partial charge in [0.15, 0.2) is 0 Å². The van der Waals surface area contributed by atoms with Gasteiger partial charge in [0.05, 0.1) is 37.5 Å². The molecule has 0 spiro atoms. The Morgan fingerprint density at radius 3 is 2.25 bits per heavy atom. The van der Waals surface area contributed by atoms with E-state index in [9.17, 15) is 9.36 Å². The molecule has 0 aliphatic heterocycles. The Morgan fingerprint density at radius 1 is 0.972 bits per heavy atom. The van der Waals surface area contributed by atoms with Gasteiger partial charge >= 0.3 is 7.60 Å². The first kappa shape index (κ1) is 25.6. The van der Waals surface area contributed by atoms with Gasteiger partial charge in [0.25, 0.3) is 5.91 Å². The summed E-state index contributed by atoms with van der Waals surface area (Å²) >= 11 is 0. The van der Waals surface area contributed by atoms with E-state index in [-0.39, 0.29) is 12.1 Å². The maximum absolute atomic E-state index is 13.0. The van der Waals surface area contributed by atoms with Crippen LogP contribution < -0.4 is 10.1 Å². The molecule has 0 saturated carbocycles. The van der Waals surface area contributed by atoms with Gasteiger partial charge in [-0.25, -0.2) is 4.98 Å². The molecular formula is C27H30N3O5P. The molecule has 1 amide bonds. The lowest BCUT2D eigenvalue weighted by atomic mass is 10.1. The standard InChI is InChI=1S/C27H30N3O5P/c1-5-34-36(32,35-6-2)18-20-7-10-22(11-8-20)29-27(31)21-9-16-25-26(17-21)30(19(3)28-25)23-12-14-24(33-4)15-13-23/h7-17H,5-6,18H2,1-4H3,(H,29,31). The summed E-state index contributed by atoms with van der Waals surface area (Å²) in [5.74, 6) is 1.35. The third-order valence-electron chi connectivity index (χ3n) is 5.65. The highest BCUT2D eigenvalue weighted by molar-refractivity contribution is 7.53. The van der Waals surface area contributed by atoms with E-state index in [1.807, 2.05) is 60.0 Å². The number of anilines is 1. The molecule has 8 nitrogen and oxygen atoms in total. The number of nitrogens with zero attached hydrogens (tertiary/aromatic N) is 2. The van der Waals surface area contributed by atoms with Gasteiger partial charge in [-0.2, -0.15) is 0 Å². The summed E-state index contributed by atoms with van der Waals surface area (Å²) in [5.41, 5.74) is 4.52. The largest absolute Gasteiger partial charge is 0.497 e. The molecule has 188 valence electrons. The van der Waals surface area contributed by atoms with E-state index in [1.54, 1.807) is 39.2 Å². The minimum Gasteiger partial charge on any atom is -0.497 e. The number of benzene rings is 3. The highest BCUT2D eigenvalue weighted by atomic mass is 31.2. The first-order valence-electron chi connectivity index (χ1n) is 11.8. The van der Waals surface area contributed by atoms with Crippen LogP contribution in [0.25, 0.3) is 16.7 Å². The smallest absolute Gasteiger partial charge is 0.335 e. The fourth-order valence-electron chi connectivity index (χ4n) is 4.04. The Bertz CT molecular complexity index is 1390. The van der Waals surface area contributed by atoms with Gasteiger partial charge in [-0.05, 0) is 80.9 Å². The number of carbonyl (C=O) groups excluding carboxylic acids is 1. The molecule has 1 N–H and O–H groups in total. The van der Waals surface area contributed by atoms with E-state index in [2.05, 4.69) is 10.3 Å². The van der Waals surface area contributed by atoms with E-state index in [1.165, 1.54) is 0 Å². The normalized spacial score (nSPS) is 11.6. The predicted molar refractivity (Wildman–Crippen MR) is 141 cm³/mol. The lowest BCUT2D eigenvalue weighted by Gasteiger charge is -2.17. The Hall–Kier alpha value is -3.45. The zero-order valence-electron chi connectivity index (χ0n) is 20.9. The monoisotopic (exact) mass is 507 g/mol. The van der Waals surface area contributed by atoms with Crippen LogP contribution in [0.2, 0.25) is 0 Å². The van der Waals surface area contributed by atoms with Crippen LogP contribution in [0.4, 0.5) is 5.69 Å². The number of amides is 1. The van der Waals surface area contributed by atoms with E-state index >= 15 is 0 Å². The van der Waals surface area contributed by atoms with Crippen molar-refractivity contribution in [2.45, 2.75) is 26.9 Å². The second-order valence-corrected chi connectivity index (χ2v) is 10.2. The fraction of sp³-hybridized carbons (Fsp3) is 0.259. The Morgan fingerprint density at radius 2 is 1.64 bits per heavy atom. The summed E-state index contributed by atoms with van der Waals surface area (Å²) in [6, 6.07) is 20.3. The number of carbonyl (C=O) groups is 1. The molecule has 0 bridgehead atoms. The number of fused-ring (bicyclic) bond motifs is 1. The zero-order valence-corrected chi connectivity index (χ0v) is 21.7. The Kier molecular flexibility index (Phi) is 7.89. The molecule has 4 rings (SSSR count). The predicted octanol–water partition coefficient (Wildman–Crippen LogP) is 6.36. The third kappa shape index (κ3) is 5.68. The molecule has 36 heavy (non-hydrogen) atoms. The summed E-state index contributed by atoms with van der Waals surface area (Å²) in [6.07, 6.45) is 0.175. The van der Waals surface area contributed by atoms with Crippen molar-refractivity contribution in [1.29, 1.82) is 0 Å². The van der Waals surface area contributed by atoms with E-state index in [0.29, 0.717) is 24.5 Å². The van der Waals surface area contributed by atoms with Crippen molar-refractivity contribution < 1.29 is 23.1 Å². The highest BCUT2D eigenvalue weighted by Gasteiger charge is 2.24. The van der Waals surface area contributed by atoms with Crippen LogP contribution in [0.3, 0.4) is 0 Å². The summed E-state index contributed by atoms with van der Waals surface area (Å²) in [5, 5.41) is 2.93. The molecule has 0 radical (unpaired) electrons. The average molecular weight is 508 g/mol. The van der Waals surface area contributed by atoms with Crippen molar-refractivity contribution in [1.82, 2.24) is 9.55 Å². The van der Waals surface area contributed by atoms with Crippen molar-refractivity contribution >= 4 is 30.2 Å². The molecule has 0 unspecified atom stereocenters. The second-order valence-electron chi connectivity index (χ2n) is 8.15. The lowest BCUT2D eigenvalue weighted by Crippen LogP contribution is -2.12. The van der Waals surface area contributed by atoms with Crippen molar-refractivity contribution in [3.63, 3.8) is 0 Å². The molecule has 0 atom stereocenters. The maximum atomic E-state index is 13.0. The highest BCUT2D eigenvalue weighted by Crippen LogP contribution is 2.51. The van der Waals surface area contributed by atoms with Gasteiger partial charge in [-0.3, -0.25) is 13.9 Å². The van der Waals surface area contributed by atoms with Gasteiger partial charge in [0, 0.05) is 16.9 Å². The fourth-order valence-corrected chi connectivity index (χ4v) is 5.74. The molecule has 1 aromatic heterocycles. The van der Waals surface area contributed by atoms with Gasteiger partial charge in [0.2, 0.25) is 0 Å². The van der Waals surface area contributed by atoms with E-state index in [4.69, 9.17) is 13.8 Å². The number of hydrogen-bond donors (Lipinski definition) is 1. The van der Waals surface area contributed by atoms with Crippen molar-refractivity contribution in [2.24, 2.45) is 0 Å². The first-order valence-corrected chi connectivity index (χ1v) is 13.5. The number of hydrogen-bond acceptors (Lipinski definition) is 6. The molecule has 0 fully saturated rings. The molecule has 9 heteroatoms. The first-order chi connectivity index (χ1) is 17.4. The number of rotatable bonds is 10. The van der Waals surface area contributed by atoms with Crippen molar-refractivity contribution in [2.75, 3.05) is 25.6 Å². The summed E-state index contributed by atoms with van der Waals surface area (Å²) < 4.78 is 30.8. The van der Waals surface area contributed by atoms with Gasteiger partial charge in [-0.15, -0.1) is 0 Å². The Balaban J connectivity index is 1.53. The minimum absolute atomic E-state index is 0.175. The number of nitrogens with one attached hydrogen (secondary N) is 1. The minimum atomic E-state index is -3.19. The molecule has 0 aliphatic rings. The zero-order chi connectivity index (χ0) is 25.7. The second kappa shape index (κ2) is 11.1. The Labute approximate surface area is 210 Å². The molecule has 0 saturated heterocycles. The van der Waals surface area contributed by atoms with Crippen LogP contribution in [0.5, 0.6) is 5.75 Å². The van der Waals surface area contributed by atoms with E-state index < -0.39 is 7.60 Å². The number of imidazole rings is 1. The van der Waals surface area contributed by atoms with Crippen LogP contribution in [-0.2, 0) is 19.8 Å². The van der Waals surface area contributed by atoms with Crippen LogP contribution in [0.15, 0.2) is 66.7 Å². The molecule has 3 aromatic carbocycles. The summed E-state index contributed by atoms with van der Waals surface area (Å²) in [7, 11) is -1.56. The quantitative estimate of drug-likeness (QED) is 0.251. The lowest BCUT2D eigenvalue weighted by molar-refractivity contribution is 0.102. The molecule has 4 aromatic rings. The number of aryl methyl sites for hydroxylation is 1. The maximum Gasteiger partial charge on any atom is 0.335 e. The van der Waals surface area contributed by atoms with Gasteiger partial charge in [0.1, 0.15) is 11.6 Å². The molecule has 1 heterocycles. The summed E-state index contributed by atoms with van der Waals surface area (Å²) in [4.78, 5) is 17.7. The van der Waals surface area contributed by atoms with Crippen molar-refractivity contribution in [3.8, 4) is 11.4 Å². The van der Waals surface area contributed by atoms with Crippen LogP contribution in [0.1, 0.15) is 35.6 Å². The van der Waals surface area contributed by atoms with Gasteiger partial charge < -0.3 is 19.1 Å².